The zero-order valence-electron chi connectivity index (χ0n) is 18.4. The number of hydrogen-bond acceptors (Lipinski definition) is 6. The number of halogens is 4. The number of morpholine rings is 1. The summed E-state index contributed by atoms with van der Waals surface area (Å²) < 4.78 is 59.9. The van der Waals surface area contributed by atoms with Gasteiger partial charge in [0.15, 0.2) is 5.82 Å². The summed E-state index contributed by atoms with van der Waals surface area (Å²) in [5.74, 6) is 0.265. The average molecular weight is 461 g/mol. The number of ether oxygens (including phenoxy) is 1. The number of benzene rings is 1. The SMILES string of the molecule is Cc1c([C@@H](C)Nc2nnc(C)c3cnc(N4C[C@H]5C[C@@H]4CO5)cc23)cc(F)cc1C(F)(F)F. The first-order valence-electron chi connectivity index (χ1n) is 10.8. The first-order valence-corrected chi connectivity index (χ1v) is 10.8. The van der Waals surface area contributed by atoms with Gasteiger partial charge in [-0.2, -0.15) is 18.3 Å². The zero-order valence-corrected chi connectivity index (χ0v) is 18.4. The summed E-state index contributed by atoms with van der Waals surface area (Å²) >= 11 is 0. The molecule has 0 amide bonds. The third-order valence-electron chi connectivity index (χ3n) is 6.57. The van der Waals surface area contributed by atoms with E-state index in [1.54, 1.807) is 13.1 Å². The fraction of sp³-hybridized carbons (Fsp3) is 0.435. The van der Waals surface area contributed by atoms with Gasteiger partial charge in [-0.3, -0.25) is 0 Å². The van der Waals surface area contributed by atoms with Crippen LogP contribution in [0.4, 0.5) is 29.2 Å². The molecule has 1 N–H and O–H groups in total. The Morgan fingerprint density at radius 2 is 1.94 bits per heavy atom. The normalized spacial score (nSPS) is 21.1. The van der Waals surface area contributed by atoms with Crippen molar-refractivity contribution in [2.75, 3.05) is 23.4 Å². The Morgan fingerprint density at radius 3 is 2.61 bits per heavy atom. The van der Waals surface area contributed by atoms with Gasteiger partial charge in [-0.05, 0) is 56.5 Å². The highest BCUT2D eigenvalue weighted by molar-refractivity contribution is 5.94. The molecule has 174 valence electrons. The lowest BCUT2D eigenvalue weighted by atomic mass is 9.96. The monoisotopic (exact) mass is 461 g/mol. The molecule has 1 aromatic carbocycles. The topological polar surface area (TPSA) is 63.2 Å². The van der Waals surface area contributed by atoms with Crippen LogP contribution in [-0.2, 0) is 10.9 Å². The number of rotatable bonds is 4. The number of hydrogen-bond donors (Lipinski definition) is 1. The molecule has 0 saturated carbocycles. The van der Waals surface area contributed by atoms with Crippen LogP contribution < -0.4 is 10.2 Å². The summed E-state index contributed by atoms with van der Waals surface area (Å²) in [6.07, 6.45) is -1.72. The van der Waals surface area contributed by atoms with Crippen LogP contribution in [0.3, 0.4) is 0 Å². The molecule has 3 atom stereocenters. The minimum absolute atomic E-state index is 0.0243. The van der Waals surface area contributed by atoms with E-state index in [0.29, 0.717) is 24.2 Å². The Labute approximate surface area is 188 Å². The van der Waals surface area contributed by atoms with Crippen molar-refractivity contribution in [3.63, 3.8) is 0 Å². The van der Waals surface area contributed by atoms with Crippen LogP contribution in [0.15, 0.2) is 24.4 Å². The second-order valence-corrected chi connectivity index (χ2v) is 8.75. The minimum Gasteiger partial charge on any atom is -0.374 e. The number of fused-ring (bicyclic) bond motifs is 3. The van der Waals surface area contributed by atoms with Crippen molar-refractivity contribution in [1.82, 2.24) is 15.2 Å². The standard InChI is InChI=1S/C23H23F4N5O/c1-11-17(4-14(24)5-20(11)23(25,26)27)12(2)29-22-18-7-21(28-8-19(18)13(3)30-31-22)32-9-16-6-15(32)10-33-16/h4-5,7-8,12,15-16H,6,9-10H2,1-3H3,(H,29,31)/t12-,15-,16-/m1/s1. The second kappa shape index (κ2) is 7.79. The summed E-state index contributed by atoms with van der Waals surface area (Å²) in [5.41, 5.74) is -0.108. The highest BCUT2D eigenvalue weighted by atomic mass is 19.4. The van der Waals surface area contributed by atoms with Crippen molar-refractivity contribution in [2.24, 2.45) is 0 Å². The molecule has 2 aromatic heterocycles. The molecular formula is C23H23F4N5O. The Bertz CT molecular complexity index is 1230. The van der Waals surface area contributed by atoms with E-state index >= 15 is 0 Å². The van der Waals surface area contributed by atoms with Crippen LogP contribution in [0.2, 0.25) is 0 Å². The van der Waals surface area contributed by atoms with Gasteiger partial charge in [0.25, 0.3) is 0 Å². The van der Waals surface area contributed by atoms with Gasteiger partial charge in [0.1, 0.15) is 11.6 Å². The van der Waals surface area contributed by atoms with Crippen molar-refractivity contribution in [3.05, 3.63) is 52.6 Å². The van der Waals surface area contributed by atoms with Crippen LogP contribution >= 0.6 is 0 Å². The highest BCUT2D eigenvalue weighted by Gasteiger charge is 2.39. The van der Waals surface area contributed by atoms with Gasteiger partial charge in [-0.15, -0.1) is 5.10 Å². The van der Waals surface area contributed by atoms with Crippen molar-refractivity contribution in [2.45, 2.75) is 51.6 Å². The van der Waals surface area contributed by atoms with Gasteiger partial charge in [0.05, 0.1) is 36.1 Å². The van der Waals surface area contributed by atoms with Crippen LogP contribution in [0, 0.1) is 19.7 Å². The maximum absolute atomic E-state index is 14.1. The summed E-state index contributed by atoms with van der Waals surface area (Å²) in [4.78, 5) is 6.82. The largest absolute Gasteiger partial charge is 0.416 e. The number of nitrogens with one attached hydrogen (secondary N) is 1. The lowest BCUT2D eigenvalue weighted by Crippen LogP contribution is -2.37. The Morgan fingerprint density at radius 1 is 1.15 bits per heavy atom. The fourth-order valence-corrected chi connectivity index (χ4v) is 4.83. The number of aryl methyl sites for hydroxylation is 1. The Balaban J connectivity index is 1.52. The molecule has 6 nitrogen and oxygen atoms in total. The van der Waals surface area contributed by atoms with Crippen LogP contribution in [0.5, 0.6) is 0 Å². The van der Waals surface area contributed by atoms with Gasteiger partial charge in [0.2, 0.25) is 0 Å². The zero-order chi connectivity index (χ0) is 23.5. The third-order valence-corrected chi connectivity index (χ3v) is 6.57. The highest BCUT2D eigenvalue weighted by Crippen LogP contribution is 2.37. The van der Waals surface area contributed by atoms with E-state index in [-0.39, 0.29) is 23.3 Å². The molecule has 0 unspecified atom stereocenters. The second-order valence-electron chi connectivity index (χ2n) is 8.75. The Kier molecular flexibility index (Phi) is 5.15. The molecule has 0 radical (unpaired) electrons. The number of aromatic nitrogens is 3. The predicted molar refractivity (Wildman–Crippen MR) is 116 cm³/mol. The molecule has 2 bridgehead atoms. The molecule has 2 aliphatic rings. The first kappa shape index (κ1) is 21.8. The molecule has 10 heteroatoms. The fourth-order valence-electron chi connectivity index (χ4n) is 4.83. The lowest BCUT2D eigenvalue weighted by Gasteiger charge is -2.28. The predicted octanol–water partition coefficient (Wildman–Crippen LogP) is 4.95. The molecule has 0 spiro atoms. The van der Waals surface area contributed by atoms with E-state index in [1.165, 1.54) is 6.92 Å². The number of anilines is 2. The summed E-state index contributed by atoms with van der Waals surface area (Å²) in [7, 11) is 0. The smallest absolute Gasteiger partial charge is 0.374 e. The van der Waals surface area contributed by atoms with Gasteiger partial charge in [0, 0.05) is 23.5 Å². The number of nitrogens with zero attached hydrogens (tertiary/aromatic N) is 4. The van der Waals surface area contributed by atoms with Crippen LogP contribution in [0.25, 0.3) is 10.8 Å². The van der Waals surface area contributed by atoms with E-state index in [0.717, 1.165) is 35.6 Å². The summed E-state index contributed by atoms with van der Waals surface area (Å²) in [6.45, 7) is 6.28. The molecule has 33 heavy (non-hydrogen) atoms. The third kappa shape index (κ3) is 3.86. The van der Waals surface area contributed by atoms with Gasteiger partial charge < -0.3 is 15.0 Å². The molecular weight excluding hydrogens is 438 g/mol. The van der Waals surface area contributed by atoms with Gasteiger partial charge in [-0.25, -0.2) is 9.37 Å². The molecule has 5 rings (SSSR count). The van der Waals surface area contributed by atoms with Crippen molar-refractivity contribution < 1.29 is 22.3 Å². The summed E-state index contributed by atoms with van der Waals surface area (Å²) in [5, 5.41) is 13.1. The van der Waals surface area contributed by atoms with E-state index in [9.17, 15) is 17.6 Å². The maximum Gasteiger partial charge on any atom is 0.416 e. The quantitative estimate of drug-likeness (QED) is 0.555. The molecule has 0 aliphatic carbocycles. The molecule has 2 fully saturated rings. The lowest BCUT2D eigenvalue weighted by molar-refractivity contribution is -0.138. The Hall–Kier alpha value is -3.01. The van der Waals surface area contributed by atoms with Crippen LogP contribution in [-0.4, -0.2) is 40.5 Å². The van der Waals surface area contributed by atoms with E-state index in [4.69, 9.17) is 4.74 Å². The van der Waals surface area contributed by atoms with Crippen molar-refractivity contribution >= 4 is 22.4 Å². The van der Waals surface area contributed by atoms with E-state index in [1.807, 2.05) is 13.0 Å². The minimum atomic E-state index is -4.64. The van der Waals surface area contributed by atoms with Crippen LogP contribution in [0.1, 0.15) is 41.8 Å². The molecule has 2 saturated heterocycles. The first-order chi connectivity index (χ1) is 15.6. The number of pyridine rings is 1. The number of alkyl halides is 3. The van der Waals surface area contributed by atoms with Gasteiger partial charge in [-0.1, -0.05) is 0 Å². The summed E-state index contributed by atoms with van der Waals surface area (Å²) in [6, 6.07) is 3.21. The van der Waals surface area contributed by atoms with Gasteiger partial charge >= 0.3 is 6.18 Å². The van der Waals surface area contributed by atoms with Crippen molar-refractivity contribution in [3.8, 4) is 0 Å². The van der Waals surface area contributed by atoms with E-state index < -0.39 is 23.6 Å². The average Bonchev–Trinajstić information content (AvgIpc) is 3.40. The maximum atomic E-state index is 14.1. The molecule has 2 aliphatic heterocycles. The van der Waals surface area contributed by atoms with Crippen molar-refractivity contribution in [1.29, 1.82) is 0 Å². The molecule has 3 aromatic rings. The van der Waals surface area contributed by atoms with E-state index in [2.05, 4.69) is 25.4 Å². The molecule has 4 heterocycles.